The molecule has 0 bridgehead atoms. The molecule has 0 aromatic carbocycles. The van der Waals surface area contributed by atoms with E-state index in [9.17, 15) is 0 Å². The summed E-state index contributed by atoms with van der Waals surface area (Å²) in [6, 6.07) is 4.14. The second-order valence-corrected chi connectivity index (χ2v) is 5.04. The molecule has 0 spiro atoms. The lowest BCUT2D eigenvalue weighted by Crippen LogP contribution is -2.35. The highest BCUT2D eigenvalue weighted by atomic mass is 15.2. The van der Waals surface area contributed by atoms with Gasteiger partial charge in [-0.2, -0.15) is 0 Å². The van der Waals surface area contributed by atoms with E-state index in [4.69, 9.17) is 0 Å². The molecule has 1 fully saturated rings. The van der Waals surface area contributed by atoms with Gasteiger partial charge in [0.1, 0.15) is 0 Å². The Labute approximate surface area is 110 Å². The van der Waals surface area contributed by atoms with Crippen LogP contribution in [0, 0.1) is 0 Å². The first-order valence-corrected chi connectivity index (χ1v) is 6.85. The van der Waals surface area contributed by atoms with Gasteiger partial charge in [-0.25, -0.2) is 0 Å². The number of hydrogen-bond acceptors (Lipinski definition) is 4. The molecule has 1 aliphatic rings. The van der Waals surface area contributed by atoms with Crippen molar-refractivity contribution in [3.63, 3.8) is 0 Å². The largest absolute Gasteiger partial charge is 0.315 e. The van der Waals surface area contributed by atoms with Crippen molar-refractivity contribution in [2.75, 3.05) is 46.3 Å². The van der Waals surface area contributed by atoms with Gasteiger partial charge in [0.15, 0.2) is 0 Å². The van der Waals surface area contributed by atoms with Gasteiger partial charge in [-0.15, -0.1) is 0 Å². The van der Waals surface area contributed by atoms with Gasteiger partial charge in [0.25, 0.3) is 0 Å². The normalized spacial score (nSPS) is 17.9. The van der Waals surface area contributed by atoms with Crippen LogP contribution in [0.5, 0.6) is 0 Å². The van der Waals surface area contributed by atoms with E-state index in [1.807, 2.05) is 18.5 Å². The molecule has 1 aromatic rings. The van der Waals surface area contributed by atoms with Crippen molar-refractivity contribution in [2.45, 2.75) is 13.0 Å². The van der Waals surface area contributed by atoms with Gasteiger partial charge in [0.05, 0.1) is 0 Å². The third kappa shape index (κ3) is 4.72. The maximum atomic E-state index is 4.15. The highest BCUT2D eigenvalue weighted by Gasteiger charge is 2.09. The van der Waals surface area contributed by atoms with E-state index in [-0.39, 0.29) is 0 Å². The zero-order chi connectivity index (χ0) is 12.6. The topological polar surface area (TPSA) is 31.4 Å². The van der Waals surface area contributed by atoms with Crippen molar-refractivity contribution in [1.82, 2.24) is 20.1 Å². The Hall–Kier alpha value is -0.970. The first kappa shape index (κ1) is 13.5. The lowest BCUT2D eigenvalue weighted by atomic mass is 10.2. The van der Waals surface area contributed by atoms with E-state index in [0.717, 1.165) is 19.6 Å². The molecule has 1 N–H and O–H groups in total. The van der Waals surface area contributed by atoms with Crippen molar-refractivity contribution in [3.05, 3.63) is 30.1 Å². The highest BCUT2D eigenvalue weighted by Crippen LogP contribution is 2.01. The fourth-order valence-corrected chi connectivity index (χ4v) is 2.32. The minimum Gasteiger partial charge on any atom is -0.315 e. The van der Waals surface area contributed by atoms with Gasteiger partial charge in [0.2, 0.25) is 0 Å². The first-order valence-electron chi connectivity index (χ1n) is 6.85. The van der Waals surface area contributed by atoms with Gasteiger partial charge in [-0.1, -0.05) is 6.07 Å². The van der Waals surface area contributed by atoms with Crippen molar-refractivity contribution < 1.29 is 0 Å². The predicted octanol–water partition coefficient (Wildman–Crippen LogP) is 0.809. The fraction of sp³-hybridized carbons (Fsp3) is 0.643. The Bertz CT molecular complexity index is 320. The summed E-state index contributed by atoms with van der Waals surface area (Å²) in [5, 5.41) is 3.44. The smallest absolute Gasteiger partial charge is 0.0312 e. The maximum Gasteiger partial charge on any atom is 0.0312 e. The third-order valence-corrected chi connectivity index (χ3v) is 3.41. The molecule has 2 heterocycles. The van der Waals surface area contributed by atoms with E-state index in [1.54, 1.807) is 0 Å². The van der Waals surface area contributed by atoms with E-state index in [2.05, 4.69) is 33.2 Å². The summed E-state index contributed by atoms with van der Waals surface area (Å²) in [5.41, 5.74) is 1.29. The Balaban J connectivity index is 1.69. The van der Waals surface area contributed by atoms with Crippen LogP contribution in [0.25, 0.3) is 0 Å². The number of nitrogens with zero attached hydrogens (tertiary/aromatic N) is 3. The van der Waals surface area contributed by atoms with Crippen LogP contribution < -0.4 is 5.32 Å². The van der Waals surface area contributed by atoms with Crippen LogP contribution in [0.4, 0.5) is 0 Å². The second-order valence-electron chi connectivity index (χ2n) is 5.04. The van der Waals surface area contributed by atoms with Crippen molar-refractivity contribution >= 4 is 0 Å². The van der Waals surface area contributed by atoms with Crippen LogP contribution in [-0.2, 0) is 6.54 Å². The summed E-state index contributed by atoms with van der Waals surface area (Å²) in [5.74, 6) is 0. The van der Waals surface area contributed by atoms with Crippen LogP contribution >= 0.6 is 0 Å². The summed E-state index contributed by atoms with van der Waals surface area (Å²) in [4.78, 5) is 9.08. The quantitative estimate of drug-likeness (QED) is 0.835. The van der Waals surface area contributed by atoms with E-state index in [0.29, 0.717) is 0 Å². The second kappa shape index (κ2) is 7.46. The van der Waals surface area contributed by atoms with Crippen LogP contribution in [0.3, 0.4) is 0 Å². The lowest BCUT2D eigenvalue weighted by molar-refractivity contribution is 0.231. The molecule has 1 saturated heterocycles. The van der Waals surface area contributed by atoms with Crippen molar-refractivity contribution in [3.8, 4) is 0 Å². The lowest BCUT2D eigenvalue weighted by Gasteiger charge is -2.23. The van der Waals surface area contributed by atoms with Crippen molar-refractivity contribution in [1.29, 1.82) is 0 Å². The molecule has 0 saturated carbocycles. The standard InChI is InChI=1S/C14H24N4/c1-17(13-14-4-2-5-16-12-14)10-11-18-8-3-6-15-7-9-18/h2,4-5,12,15H,3,6-11,13H2,1H3. The number of nitrogens with one attached hydrogen (secondary N) is 1. The zero-order valence-electron chi connectivity index (χ0n) is 11.3. The minimum absolute atomic E-state index is 0.986. The van der Waals surface area contributed by atoms with E-state index in [1.165, 1.54) is 38.2 Å². The molecule has 4 nitrogen and oxygen atoms in total. The van der Waals surface area contributed by atoms with Crippen LogP contribution in [0.2, 0.25) is 0 Å². The van der Waals surface area contributed by atoms with Crippen LogP contribution in [0.1, 0.15) is 12.0 Å². The van der Waals surface area contributed by atoms with Crippen molar-refractivity contribution in [2.24, 2.45) is 0 Å². The van der Waals surface area contributed by atoms with Crippen LogP contribution in [-0.4, -0.2) is 61.1 Å². The molecule has 0 atom stereocenters. The average Bonchev–Trinajstić information content (AvgIpc) is 2.66. The van der Waals surface area contributed by atoms with Gasteiger partial charge < -0.3 is 15.1 Å². The van der Waals surface area contributed by atoms with E-state index < -0.39 is 0 Å². The van der Waals surface area contributed by atoms with E-state index >= 15 is 0 Å². The summed E-state index contributed by atoms with van der Waals surface area (Å²) < 4.78 is 0. The highest BCUT2D eigenvalue weighted by molar-refractivity contribution is 5.07. The number of likely N-dealkylation sites (N-methyl/N-ethyl adjacent to an activating group) is 1. The summed E-state index contributed by atoms with van der Waals surface area (Å²) in [6.07, 6.45) is 5.05. The predicted molar refractivity (Wildman–Crippen MR) is 74.5 cm³/mol. The molecule has 0 amide bonds. The number of aromatic nitrogens is 1. The molecule has 0 unspecified atom stereocenters. The Morgan fingerprint density at radius 2 is 2.33 bits per heavy atom. The molecule has 2 rings (SSSR count). The summed E-state index contributed by atoms with van der Waals surface area (Å²) in [6.45, 7) is 7.98. The molecule has 4 heteroatoms. The Morgan fingerprint density at radius 1 is 1.39 bits per heavy atom. The first-order chi connectivity index (χ1) is 8.84. The SMILES string of the molecule is CN(CCN1CCCNCC1)Cc1cccnc1. The van der Waals surface area contributed by atoms with Gasteiger partial charge >= 0.3 is 0 Å². The molecule has 100 valence electrons. The van der Waals surface area contributed by atoms with Gasteiger partial charge in [0, 0.05) is 45.1 Å². The molecule has 1 aromatic heterocycles. The van der Waals surface area contributed by atoms with Gasteiger partial charge in [-0.3, -0.25) is 4.98 Å². The Kier molecular flexibility index (Phi) is 5.58. The zero-order valence-corrected chi connectivity index (χ0v) is 11.3. The number of hydrogen-bond donors (Lipinski definition) is 1. The molecule has 0 radical (unpaired) electrons. The number of pyridine rings is 1. The monoisotopic (exact) mass is 248 g/mol. The molecule has 18 heavy (non-hydrogen) atoms. The Morgan fingerprint density at radius 3 is 3.17 bits per heavy atom. The molecular weight excluding hydrogens is 224 g/mol. The molecular formula is C14H24N4. The summed E-state index contributed by atoms with van der Waals surface area (Å²) in [7, 11) is 2.18. The molecule has 1 aliphatic heterocycles. The average molecular weight is 248 g/mol. The fourth-order valence-electron chi connectivity index (χ4n) is 2.32. The third-order valence-electron chi connectivity index (χ3n) is 3.41. The van der Waals surface area contributed by atoms with Gasteiger partial charge in [-0.05, 0) is 38.2 Å². The number of rotatable bonds is 5. The summed E-state index contributed by atoms with van der Waals surface area (Å²) >= 11 is 0. The minimum atomic E-state index is 0.986. The van der Waals surface area contributed by atoms with Crippen LogP contribution in [0.15, 0.2) is 24.5 Å². The molecule has 0 aliphatic carbocycles. The maximum absolute atomic E-state index is 4.15.